The number of hydrogen-bond acceptors (Lipinski definition) is 8. The van der Waals surface area contributed by atoms with Gasteiger partial charge in [0.05, 0.1) is 19.1 Å². The maximum atomic E-state index is 10.6. The van der Waals surface area contributed by atoms with Crippen molar-refractivity contribution in [1.29, 1.82) is 0 Å². The maximum Gasteiger partial charge on any atom is 0.306 e. The Morgan fingerprint density at radius 1 is 1.16 bits per heavy atom. The molecule has 0 saturated carbocycles. The van der Waals surface area contributed by atoms with E-state index in [4.69, 9.17) is 9.84 Å². The van der Waals surface area contributed by atoms with E-state index in [0.29, 0.717) is 29.7 Å². The van der Waals surface area contributed by atoms with Crippen molar-refractivity contribution in [2.45, 2.75) is 50.2 Å². The maximum absolute atomic E-state index is 10.6. The van der Waals surface area contributed by atoms with Crippen LogP contribution in [0.1, 0.15) is 42.8 Å². The fourth-order valence-corrected chi connectivity index (χ4v) is 3.37. The molecule has 9 nitrogen and oxygen atoms in total. The molecule has 1 saturated heterocycles. The van der Waals surface area contributed by atoms with Crippen LogP contribution in [0, 0.1) is 0 Å². The van der Waals surface area contributed by atoms with Crippen molar-refractivity contribution in [3.05, 3.63) is 29.3 Å². The number of nitrogens with one attached hydrogen (secondary N) is 1. The number of nitrogens with zero attached hydrogens (tertiary/aromatic N) is 1. The van der Waals surface area contributed by atoms with Gasteiger partial charge in [0.1, 0.15) is 30.7 Å². The molecule has 138 valence electrons. The van der Waals surface area contributed by atoms with Crippen molar-refractivity contribution in [2.24, 2.45) is 0 Å². The third kappa shape index (κ3) is 3.61. The van der Waals surface area contributed by atoms with Crippen LogP contribution >= 0.6 is 0 Å². The summed E-state index contributed by atoms with van der Waals surface area (Å²) in [6, 6.07) is 4.19. The molecule has 1 aromatic carbocycles. The summed E-state index contributed by atoms with van der Waals surface area (Å²) in [5.74, 6) is -0.574. The van der Waals surface area contributed by atoms with Crippen LogP contribution in [0.3, 0.4) is 0 Å². The number of carboxylic acid groups (broad SMARTS) is 1. The van der Waals surface area contributed by atoms with Gasteiger partial charge in [-0.1, -0.05) is 6.07 Å². The number of rotatable bonds is 5. The lowest BCUT2D eigenvalue weighted by atomic mass is 10.0. The number of carbonyl (C=O) groups is 1. The Labute approximate surface area is 144 Å². The molecule has 0 aliphatic carbocycles. The van der Waals surface area contributed by atoms with Crippen LogP contribution in [-0.4, -0.2) is 61.5 Å². The summed E-state index contributed by atoms with van der Waals surface area (Å²) in [6.45, 7) is -0.000366. The van der Waals surface area contributed by atoms with E-state index < -0.39 is 36.9 Å². The molecule has 0 bridgehead atoms. The van der Waals surface area contributed by atoms with Crippen LogP contribution in [-0.2, 0) is 4.79 Å². The first-order valence-corrected chi connectivity index (χ1v) is 8.12. The van der Waals surface area contributed by atoms with Crippen molar-refractivity contribution in [1.82, 2.24) is 10.2 Å². The SMILES string of the molecule is O=C(O)CCOc1ccc2c(c1)C(O)N(C1CCC(O)NC1O)C2O. The standard InChI is InChI=1S/C16H22N2O7/c19-12-4-3-11(14(22)17-12)18-15(23)9-2-1-8(7-10(9)16(18)24)25-6-5-13(20)21/h1-2,7,11-12,14-17,19,22-24H,3-6H2,(H,20,21). The number of ether oxygens (including phenoxy) is 1. The molecule has 0 amide bonds. The van der Waals surface area contributed by atoms with Crippen molar-refractivity contribution >= 4 is 5.97 Å². The molecule has 1 aromatic rings. The molecule has 5 atom stereocenters. The Hall–Kier alpha value is -1.75. The van der Waals surface area contributed by atoms with E-state index in [2.05, 4.69) is 5.32 Å². The molecule has 3 rings (SSSR count). The molecule has 2 heterocycles. The van der Waals surface area contributed by atoms with Gasteiger partial charge in [-0.25, -0.2) is 4.90 Å². The van der Waals surface area contributed by atoms with E-state index in [1.165, 1.54) is 4.90 Å². The lowest BCUT2D eigenvalue weighted by molar-refractivity contribution is -0.159. The van der Waals surface area contributed by atoms with Gasteiger partial charge in [0, 0.05) is 11.1 Å². The summed E-state index contributed by atoms with van der Waals surface area (Å²) in [5.41, 5.74) is 0.940. The van der Waals surface area contributed by atoms with Crippen LogP contribution in [0.25, 0.3) is 0 Å². The van der Waals surface area contributed by atoms with E-state index in [-0.39, 0.29) is 13.0 Å². The normalized spacial score (nSPS) is 32.4. The summed E-state index contributed by atoms with van der Waals surface area (Å²) in [4.78, 5) is 11.9. The number of hydrogen-bond donors (Lipinski definition) is 6. The van der Waals surface area contributed by atoms with Crippen LogP contribution in [0.15, 0.2) is 18.2 Å². The van der Waals surface area contributed by atoms with Gasteiger partial charge >= 0.3 is 5.97 Å². The van der Waals surface area contributed by atoms with Crippen molar-refractivity contribution < 1.29 is 35.1 Å². The molecule has 6 N–H and O–H groups in total. The third-order valence-electron chi connectivity index (χ3n) is 4.61. The largest absolute Gasteiger partial charge is 0.493 e. The van der Waals surface area contributed by atoms with Crippen LogP contribution in [0.5, 0.6) is 5.75 Å². The summed E-state index contributed by atoms with van der Waals surface area (Å²) in [6.07, 6.45) is -3.51. The van der Waals surface area contributed by atoms with Gasteiger partial charge in [0.15, 0.2) is 0 Å². The van der Waals surface area contributed by atoms with Gasteiger partial charge in [-0.05, 0) is 25.0 Å². The highest BCUT2D eigenvalue weighted by Crippen LogP contribution is 2.43. The van der Waals surface area contributed by atoms with E-state index >= 15 is 0 Å². The summed E-state index contributed by atoms with van der Waals surface area (Å²) >= 11 is 0. The van der Waals surface area contributed by atoms with Gasteiger partial charge in [-0.15, -0.1) is 0 Å². The fourth-order valence-electron chi connectivity index (χ4n) is 3.37. The molecule has 0 radical (unpaired) electrons. The number of carboxylic acids is 1. The summed E-state index contributed by atoms with van der Waals surface area (Å²) in [7, 11) is 0. The van der Waals surface area contributed by atoms with E-state index in [0.717, 1.165) is 0 Å². The highest BCUT2D eigenvalue weighted by atomic mass is 16.5. The first-order chi connectivity index (χ1) is 11.9. The van der Waals surface area contributed by atoms with Crippen LogP contribution in [0.4, 0.5) is 0 Å². The van der Waals surface area contributed by atoms with Crippen molar-refractivity contribution in [2.75, 3.05) is 6.61 Å². The quantitative estimate of drug-likeness (QED) is 0.401. The predicted molar refractivity (Wildman–Crippen MR) is 84.1 cm³/mol. The number of aliphatic hydroxyl groups is 4. The molecule has 5 unspecified atom stereocenters. The Bertz CT molecular complexity index is 641. The second-order valence-corrected chi connectivity index (χ2v) is 6.25. The van der Waals surface area contributed by atoms with Crippen LogP contribution in [0.2, 0.25) is 0 Å². The molecule has 0 aromatic heterocycles. The van der Waals surface area contributed by atoms with E-state index in [9.17, 15) is 25.2 Å². The smallest absolute Gasteiger partial charge is 0.306 e. The number of fused-ring (bicyclic) bond motifs is 1. The van der Waals surface area contributed by atoms with Gasteiger partial charge in [-0.2, -0.15) is 0 Å². The average molecular weight is 354 g/mol. The molecular weight excluding hydrogens is 332 g/mol. The molecule has 0 spiro atoms. The molecule has 2 aliphatic rings. The first kappa shape index (κ1) is 18.1. The minimum Gasteiger partial charge on any atom is -0.493 e. The van der Waals surface area contributed by atoms with Gasteiger partial charge in [0.25, 0.3) is 0 Å². The zero-order valence-corrected chi connectivity index (χ0v) is 13.4. The molecule has 25 heavy (non-hydrogen) atoms. The van der Waals surface area contributed by atoms with Gasteiger partial charge in [0.2, 0.25) is 0 Å². The number of piperidine rings is 1. The summed E-state index contributed by atoms with van der Waals surface area (Å²) < 4.78 is 5.35. The molecule has 9 heteroatoms. The fraction of sp³-hybridized carbons (Fsp3) is 0.562. The van der Waals surface area contributed by atoms with E-state index in [1.807, 2.05) is 0 Å². The number of benzene rings is 1. The van der Waals surface area contributed by atoms with Crippen molar-refractivity contribution in [3.8, 4) is 5.75 Å². The van der Waals surface area contributed by atoms with E-state index in [1.54, 1.807) is 18.2 Å². The average Bonchev–Trinajstić information content (AvgIpc) is 2.79. The molecule has 1 fully saturated rings. The second-order valence-electron chi connectivity index (χ2n) is 6.25. The van der Waals surface area contributed by atoms with Gasteiger partial charge < -0.3 is 30.3 Å². The lowest BCUT2D eigenvalue weighted by Crippen LogP contribution is -2.57. The summed E-state index contributed by atoms with van der Waals surface area (Å²) in [5, 5.41) is 52.0. The first-order valence-electron chi connectivity index (χ1n) is 8.12. The zero-order chi connectivity index (χ0) is 18.1. The third-order valence-corrected chi connectivity index (χ3v) is 4.61. The topological polar surface area (TPSA) is 143 Å². The Morgan fingerprint density at radius 3 is 2.56 bits per heavy atom. The predicted octanol–water partition coefficient (Wildman–Crippen LogP) is -0.774. The zero-order valence-electron chi connectivity index (χ0n) is 13.4. The van der Waals surface area contributed by atoms with Gasteiger partial charge in [-0.3, -0.25) is 10.1 Å². The number of aliphatic hydroxyl groups excluding tert-OH is 4. The Morgan fingerprint density at radius 2 is 1.88 bits per heavy atom. The highest BCUT2D eigenvalue weighted by Gasteiger charge is 2.44. The van der Waals surface area contributed by atoms with Crippen LogP contribution < -0.4 is 10.1 Å². The van der Waals surface area contributed by atoms with Crippen molar-refractivity contribution in [3.63, 3.8) is 0 Å². The minimum absolute atomic E-state index is 0.000366. The Balaban J connectivity index is 1.75. The second kappa shape index (κ2) is 7.24. The molecular formula is C16H22N2O7. The lowest BCUT2D eigenvalue weighted by Gasteiger charge is -2.40. The monoisotopic (exact) mass is 354 g/mol. The highest BCUT2D eigenvalue weighted by molar-refractivity contribution is 5.66. The Kier molecular flexibility index (Phi) is 5.23. The molecule has 2 aliphatic heterocycles. The number of aliphatic carboxylic acids is 1. The minimum atomic E-state index is -1.15.